The molecule has 0 spiro atoms. The third kappa shape index (κ3) is 4.78. The van der Waals surface area contributed by atoms with Crippen molar-refractivity contribution in [1.29, 1.82) is 0 Å². The van der Waals surface area contributed by atoms with Crippen LogP contribution in [0.4, 0.5) is 0 Å². The van der Waals surface area contributed by atoms with E-state index in [0.29, 0.717) is 17.8 Å². The lowest BCUT2D eigenvalue weighted by Gasteiger charge is -2.31. The van der Waals surface area contributed by atoms with E-state index in [0.717, 1.165) is 6.42 Å². The Balaban J connectivity index is 2.50. The van der Waals surface area contributed by atoms with E-state index in [2.05, 4.69) is 39.9 Å². The highest BCUT2D eigenvalue weighted by atomic mass is 16.3. The highest BCUT2D eigenvalue weighted by Gasteiger charge is 2.21. The molecule has 1 rings (SSSR count). The molecule has 0 aromatic heterocycles. The summed E-state index contributed by atoms with van der Waals surface area (Å²) in [5, 5.41) is 12.8. The Morgan fingerprint density at radius 2 is 1.65 bits per heavy atom. The molecule has 2 heteroatoms. The van der Waals surface area contributed by atoms with Gasteiger partial charge in [-0.1, -0.05) is 32.9 Å². The topological polar surface area (TPSA) is 32.3 Å². The molecule has 2 atom stereocenters. The molecule has 1 aromatic carbocycles. The molecule has 2 N–H and O–H groups in total. The molecule has 17 heavy (non-hydrogen) atoms. The Bertz CT molecular complexity index is 337. The molecule has 2 nitrogen and oxygen atoms in total. The van der Waals surface area contributed by atoms with Crippen molar-refractivity contribution in [2.75, 3.05) is 0 Å². The van der Waals surface area contributed by atoms with Crippen LogP contribution in [-0.4, -0.2) is 17.2 Å². The minimum Gasteiger partial charge on any atom is -0.508 e. The molecule has 0 amide bonds. The second-order valence-corrected chi connectivity index (χ2v) is 6.03. The summed E-state index contributed by atoms with van der Waals surface area (Å²) < 4.78 is 0. The predicted molar refractivity (Wildman–Crippen MR) is 73.3 cm³/mol. The minimum atomic E-state index is 0.281. The number of benzene rings is 1. The van der Waals surface area contributed by atoms with Crippen LogP contribution in [0, 0.1) is 5.41 Å². The molecule has 0 saturated carbocycles. The van der Waals surface area contributed by atoms with E-state index in [1.165, 1.54) is 5.56 Å². The summed E-state index contributed by atoms with van der Waals surface area (Å²) in [4.78, 5) is 0. The third-order valence-corrected chi connectivity index (χ3v) is 3.31. The fourth-order valence-corrected chi connectivity index (χ4v) is 1.72. The number of rotatable bonds is 4. The number of phenols is 1. The van der Waals surface area contributed by atoms with Gasteiger partial charge in [0.15, 0.2) is 0 Å². The van der Waals surface area contributed by atoms with Crippen LogP contribution in [0.25, 0.3) is 0 Å². The number of nitrogens with one attached hydrogen (secondary N) is 1. The zero-order chi connectivity index (χ0) is 13.1. The Labute approximate surface area is 105 Å². The summed E-state index contributed by atoms with van der Waals surface area (Å²) in [6.07, 6.45) is 0.987. The summed E-state index contributed by atoms with van der Waals surface area (Å²) in [6.45, 7) is 11.2. The Hall–Kier alpha value is -1.02. The normalized spacial score (nSPS) is 15.6. The highest BCUT2D eigenvalue weighted by Crippen LogP contribution is 2.19. The maximum atomic E-state index is 9.23. The van der Waals surface area contributed by atoms with Gasteiger partial charge in [0.05, 0.1) is 0 Å². The van der Waals surface area contributed by atoms with E-state index in [4.69, 9.17) is 0 Å². The van der Waals surface area contributed by atoms with E-state index < -0.39 is 0 Å². The van der Waals surface area contributed by atoms with E-state index in [-0.39, 0.29) is 5.41 Å². The van der Waals surface area contributed by atoms with Crippen molar-refractivity contribution in [2.45, 2.75) is 53.1 Å². The Morgan fingerprint density at radius 1 is 1.12 bits per heavy atom. The minimum absolute atomic E-state index is 0.281. The number of hydrogen-bond donors (Lipinski definition) is 2. The molecule has 0 aliphatic rings. The molecule has 0 aliphatic carbocycles. The lowest BCUT2D eigenvalue weighted by Crippen LogP contribution is -2.43. The third-order valence-electron chi connectivity index (χ3n) is 3.31. The molecule has 96 valence electrons. The van der Waals surface area contributed by atoms with Crippen molar-refractivity contribution >= 4 is 0 Å². The highest BCUT2D eigenvalue weighted by molar-refractivity contribution is 5.26. The van der Waals surface area contributed by atoms with E-state index in [1.54, 1.807) is 12.1 Å². The van der Waals surface area contributed by atoms with Crippen LogP contribution in [0.2, 0.25) is 0 Å². The first-order valence-corrected chi connectivity index (χ1v) is 6.33. The average Bonchev–Trinajstić information content (AvgIpc) is 2.20. The zero-order valence-electron chi connectivity index (χ0n) is 11.6. The second kappa shape index (κ2) is 5.54. The van der Waals surface area contributed by atoms with Gasteiger partial charge in [-0.05, 0) is 43.4 Å². The fourth-order valence-electron chi connectivity index (χ4n) is 1.72. The monoisotopic (exact) mass is 235 g/mol. The van der Waals surface area contributed by atoms with Gasteiger partial charge in [-0.2, -0.15) is 0 Å². The molecule has 0 saturated heterocycles. The van der Waals surface area contributed by atoms with Crippen LogP contribution < -0.4 is 5.32 Å². The SMILES string of the molecule is CC(Cc1ccc(O)cc1)NC(C)C(C)(C)C. The molecule has 1 aromatic rings. The van der Waals surface area contributed by atoms with Crippen LogP contribution in [0.15, 0.2) is 24.3 Å². The van der Waals surface area contributed by atoms with E-state index >= 15 is 0 Å². The summed E-state index contributed by atoms with van der Waals surface area (Å²) in [6, 6.07) is 8.37. The molecular formula is C15H25NO. The quantitative estimate of drug-likeness (QED) is 0.839. The van der Waals surface area contributed by atoms with E-state index in [1.807, 2.05) is 12.1 Å². The first-order chi connectivity index (χ1) is 7.79. The lowest BCUT2D eigenvalue weighted by molar-refractivity contribution is 0.266. The van der Waals surface area contributed by atoms with Gasteiger partial charge in [0.25, 0.3) is 0 Å². The standard InChI is InChI=1S/C15H25NO/c1-11(16-12(2)15(3,4)5)10-13-6-8-14(17)9-7-13/h6-9,11-12,16-17H,10H2,1-5H3. The van der Waals surface area contributed by atoms with Gasteiger partial charge in [0.2, 0.25) is 0 Å². The van der Waals surface area contributed by atoms with Crippen molar-refractivity contribution in [3.8, 4) is 5.75 Å². The summed E-state index contributed by atoms with van der Waals surface area (Å²) in [7, 11) is 0. The van der Waals surface area contributed by atoms with Crippen molar-refractivity contribution in [3.05, 3.63) is 29.8 Å². The van der Waals surface area contributed by atoms with Crippen molar-refractivity contribution in [2.24, 2.45) is 5.41 Å². The van der Waals surface area contributed by atoms with Crippen LogP contribution in [0.5, 0.6) is 5.75 Å². The first kappa shape index (κ1) is 14.0. The lowest BCUT2D eigenvalue weighted by atomic mass is 9.87. The van der Waals surface area contributed by atoms with Gasteiger partial charge in [-0.25, -0.2) is 0 Å². The molecular weight excluding hydrogens is 210 g/mol. The van der Waals surface area contributed by atoms with Gasteiger partial charge in [-0.3, -0.25) is 0 Å². The van der Waals surface area contributed by atoms with Crippen LogP contribution in [-0.2, 0) is 6.42 Å². The fraction of sp³-hybridized carbons (Fsp3) is 0.600. The van der Waals surface area contributed by atoms with Crippen LogP contribution in [0.1, 0.15) is 40.2 Å². The number of phenolic OH excluding ortho intramolecular Hbond substituents is 1. The second-order valence-electron chi connectivity index (χ2n) is 6.03. The van der Waals surface area contributed by atoms with E-state index in [9.17, 15) is 5.11 Å². The molecule has 0 aliphatic heterocycles. The van der Waals surface area contributed by atoms with Crippen LogP contribution in [0.3, 0.4) is 0 Å². The summed E-state index contributed by atoms with van der Waals surface area (Å²) in [5.41, 5.74) is 1.53. The zero-order valence-corrected chi connectivity index (χ0v) is 11.6. The van der Waals surface area contributed by atoms with Gasteiger partial charge in [0.1, 0.15) is 5.75 Å². The molecule has 0 bridgehead atoms. The predicted octanol–water partition coefficient (Wildman–Crippen LogP) is 3.35. The largest absolute Gasteiger partial charge is 0.508 e. The summed E-state index contributed by atoms with van der Waals surface area (Å²) >= 11 is 0. The number of hydrogen-bond acceptors (Lipinski definition) is 2. The first-order valence-electron chi connectivity index (χ1n) is 6.33. The maximum Gasteiger partial charge on any atom is 0.115 e. The van der Waals surface area contributed by atoms with Gasteiger partial charge >= 0.3 is 0 Å². The smallest absolute Gasteiger partial charge is 0.115 e. The average molecular weight is 235 g/mol. The van der Waals surface area contributed by atoms with Crippen molar-refractivity contribution < 1.29 is 5.11 Å². The molecule has 0 heterocycles. The Kier molecular flexibility index (Phi) is 4.58. The molecule has 2 unspecified atom stereocenters. The number of aromatic hydroxyl groups is 1. The van der Waals surface area contributed by atoms with Gasteiger partial charge in [0, 0.05) is 12.1 Å². The van der Waals surface area contributed by atoms with Gasteiger partial charge < -0.3 is 10.4 Å². The van der Waals surface area contributed by atoms with Crippen molar-refractivity contribution in [3.63, 3.8) is 0 Å². The molecule has 0 fully saturated rings. The summed E-state index contributed by atoms with van der Waals surface area (Å²) in [5.74, 6) is 0.331. The van der Waals surface area contributed by atoms with Gasteiger partial charge in [-0.15, -0.1) is 0 Å². The molecule has 0 radical (unpaired) electrons. The maximum absolute atomic E-state index is 9.23. The Morgan fingerprint density at radius 3 is 2.12 bits per heavy atom. The van der Waals surface area contributed by atoms with Crippen LogP contribution >= 0.6 is 0 Å². The van der Waals surface area contributed by atoms with Crippen molar-refractivity contribution in [1.82, 2.24) is 5.32 Å².